The molecule has 0 bridgehead atoms. The highest BCUT2D eigenvalue weighted by molar-refractivity contribution is 7.12. The van der Waals surface area contributed by atoms with E-state index >= 15 is 0 Å². The molecule has 20 heavy (non-hydrogen) atoms. The number of aryl methyl sites for hydroxylation is 1. The van der Waals surface area contributed by atoms with Crippen molar-refractivity contribution in [3.05, 3.63) is 34.1 Å². The van der Waals surface area contributed by atoms with Gasteiger partial charge in [0, 0.05) is 19.5 Å². The lowest BCUT2D eigenvalue weighted by atomic mass is 9.98. The molecule has 0 aliphatic carbocycles. The van der Waals surface area contributed by atoms with E-state index in [9.17, 15) is 4.79 Å². The van der Waals surface area contributed by atoms with E-state index in [0.29, 0.717) is 12.4 Å². The number of carbonyl (C=O) groups is 1. The Morgan fingerprint density at radius 3 is 3.20 bits per heavy atom. The number of amides is 1. The molecule has 1 amide bonds. The summed E-state index contributed by atoms with van der Waals surface area (Å²) < 4.78 is 5.32. The van der Waals surface area contributed by atoms with Crippen molar-refractivity contribution in [2.24, 2.45) is 0 Å². The van der Waals surface area contributed by atoms with Gasteiger partial charge in [-0.2, -0.15) is 4.98 Å². The monoisotopic (exact) mass is 291 g/mol. The first-order chi connectivity index (χ1) is 9.78. The lowest BCUT2D eigenvalue weighted by Gasteiger charge is -2.30. The summed E-state index contributed by atoms with van der Waals surface area (Å²) in [6.45, 7) is 3.48. The smallest absolute Gasteiger partial charge is 0.263 e. The topological polar surface area (TPSA) is 59.2 Å². The molecule has 0 aromatic carbocycles. The molecule has 3 heterocycles. The van der Waals surface area contributed by atoms with Crippen LogP contribution in [0.1, 0.15) is 47.1 Å². The Labute approximate surface area is 121 Å². The van der Waals surface area contributed by atoms with Crippen LogP contribution in [0.15, 0.2) is 22.0 Å². The minimum absolute atomic E-state index is 0.111. The van der Waals surface area contributed by atoms with Crippen LogP contribution in [-0.2, 0) is 6.42 Å². The summed E-state index contributed by atoms with van der Waals surface area (Å²) in [5.74, 6) is 1.69. The molecule has 1 saturated heterocycles. The zero-order valence-electron chi connectivity index (χ0n) is 11.4. The molecule has 0 spiro atoms. The Bertz CT molecular complexity index is 579. The summed E-state index contributed by atoms with van der Waals surface area (Å²) in [5.41, 5.74) is 0. The van der Waals surface area contributed by atoms with E-state index in [0.717, 1.165) is 36.5 Å². The molecule has 0 N–H and O–H groups in total. The summed E-state index contributed by atoms with van der Waals surface area (Å²) in [4.78, 5) is 19.5. The normalized spacial score (nSPS) is 19.2. The average molecular weight is 291 g/mol. The van der Waals surface area contributed by atoms with Crippen LogP contribution in [0.2, 0.25) is 0 Å². The van der Waals surface area contributed by atoms with E-state index in [1.165, 1.54) is 11.3 Å². The van der Waals surface area contributed by atoms with E-state index < -0.39 is 0 Å². The number of piperidine rings is 1. The first-order valence-electron chi connectivity index (χ1n) is 6.93. The van der Waals surface area contributed by atoms with Gasteiger partial charge in [-0.3, -0.25) is 4.79 Å². The maximum absolute atomic E-state index is 12.4. The van der Waals surface area contributed by atoms with Gasteiger partial charge in [-0.15, -0.1) is 11.3 Å². The molecule has 1 aliphatic heterocycles. The maximum Gasteiger partial charge on any atom is 0.263 e. The predicted octanol–water partition coefficient (Wildman–Crippen LogP) is 2.71. The van der Waals surface area contributed by atoms with E-state index in [1.807, 2.05) is 29.3 Å². The SMILES string of the molecule is CCc1noc([C@@H]2CCCN(C(=O)c3cccs3)C2)n1. The minimum Gasteiger partial charge on any atom is -0.339 e. The lowest BCUT2D eigenvalue weighted by Crippen LogP contribution is -2.38. The molecular formula is C14H17N3O2S. The number of nitrogens with zero attached hydrogens (tertiary/aromatic N) is 3. The minimum atomic E-state index is 0.111. The van der Waals surface area contributed by atoms with Crippen LogP contribution in [0.4, 0.5) is 0 Å². The van der Waals surface area contributed by atoms with E-state index in [1.54, 1.807) is 0 Å². The molecule has 3 rings (SSSR count). The number of thiophene rings is 1. The standard InChI is InChI=1S/C14H17N3O2S/c1-2-12-15-13(19-16-12)10-5-3-7-17(9-10)14(18)11-6-4-8-20-11/h4,6,8,10H,2-3,5,7,9H2,1H3/t10-/m1/s1. The largest absolute Gasteiger partial charge is 0.339 e. The number of hydrogen-bond donors (Lipinski definition) is 0. The van der Waals surface area contributed by atoms with Crippen LogP contribution >= 0.6 is 11.3 Å². The molecule has 1 atom stereocenters. The molecular weight excluding hydrogens is 274 g/mol. The lowest BCUT2D eigenvalue weighted by molar-refractivity contribution is 0.0700. The quantitative estimate of drug-likeness (QED) is 0.872. The van der Waals surface area contributed by atoms with Gasteiger partial charge in [-0.05, 0) is 24.3 Å². The van der Waals surface area contributed by atoms with Crippen molar-refractivity contribution in [1.29, 1.82) is 0 Å². The molecule has 2 aromatic rings. The highest BCUT2D eigenvalue weighted by atomic mass is 32.1. The van der Waals surface area contributed by atoms with Gasteiger partial charge in [-0.1, -0.05) is 18.1 Å². The molecule has 6 heteroatoms. The molecule has 1 aliphatic rings. The predicted molar refractivity (Wildman–Crippen MR) is 75.9 cm³/mol. The summed E-state index contributed by atoms with van der Waals surface area (Å²) in [5, 5.41) is 5.87. The van der Waals surface area contributed by atoms with E-state index in [-0.39, 0.29) is 11.8 Å². The molecule has 1 fully saturated rings. The number of likely N-dealkylation sites (tertiary alicyclic amines) is 1. The zero-order valence-corrected chi connectivity index (χ0v) is 12.2. The van der Waals surface area contributed by atoms with Crippen LogP contribution in [-0.4, -0.2) is 34.0 Å². The number of carbonyl (C=O) groups excluding carboxylic acids is 1. The van der Waals surface area contributed by atoms with E-state index in [2.05, 4.69) is 10.1 Å². The number of hydrogen-bond acceptors (Lipinski definition) is 5. The highest BCUT2D eigenvalue weighted by Gasteiger charge is 2.29. The first kappa shape index (κ1) is 13.3. The Balaban J connectivity index is 1.71. The third-order valence-electron chi connectivity index (χ3n) is 3.59. The van der Waals surface area contributed by atoms with Crippen molar-refractivity contribution >= 4 is 17.2 Å². The summed E-state index contributed by atoms with van der Waals surface area (Å²) in [7, 11) is 0. The molecule has 2 aromatic heterocycles. The van der Waals surface area contributed by atoms with Crippen molar-refractivity contribution in [2.45, 2.75) is 32.1 Å². The van der Waals surface area contributed by atoms with Gasteiger partial charge in [-0.25, -0.2) is 0 Å². The van der Waals surface area contributed by atoms with Gasteiger partial charge in [0.2, 0.25) is 5.89 Å². The first-order valence-corrected chi connectivity index (χ1v) is 7.81. The van der Waals surface area contributed by atoms with Crippen LogP contribution in [0.3, 0.4) is 0 Å². The van der Waals surface area contributed by atoms with Crippen LogP contribution < -0.4 is 0 Å². The molecule has 106 valence electrons. The average Bonchev–Trinajstić information content (AvgIpc) is 3.17. The van der Waals surface area contributed by atoms with Gasteiger partial charge < -0.3 is 9.42 Å². The zero-order chi connectivity index (χ0) is 13.9. The van der Waals surface area contributed by atoms with Crippen molar-refractivity contribution in [1.82, 2.24) is 15.0 Å². The Morgan fingerprint density at radius 1 is 1.60 bits per heavy atom. The fraction of sp³-hybridized carbons (Fsp3) is 0.500. The molecule has 5 nitrogen and oxygen atoms in total. The van der Waals surface area contributed by atoms with Crippen molar-refractivity contribution in [3.63, 3.8) is 0 Å². The fourth-order valence-electron chi connectivity index (χ4n) is 2.50. The van der Waals surface area contributed by atoms with E-state index in [4.69, 9.17) is 4.52 Å². The van der Waals surface area contributed by atoms with Crippen LogP contribution in [0.5, 0.6) is 0 Å². The highest BCUT2D eigenvalue weighted by Crippen LogP contribution is 2.27. The number of aromatic nitrogens is 2. The summed E-state index contributed by atoms with van der Waals surface area (Å²) >= 11 is 1.49. The number of rotatable bonds is 3. The van der Waals surface area contributed by atoms with Crippen molar-refractivity contribution in [3.8, 4) is 0 Å². The second-order valence-electron chi connectivity index (χ2n) is 4.97. The van der Waals surface area contributed by atoms with Crippen LogP contribution in [0.25, 0.3) is 0 Å². The van der Waals surface area contributed by atoms with Gasteiger partial charge in [0.25, 0.3) is 5.91 Å². The van der Waals surface area contributed by atoms with Gasteiger partial charge in [0.05, 0.1) is 10.8 Å². The Hall–Kier alpha value is -1.69. The second-order valence-corrected chi connectivity index (χ2v) is 5.92. The molecule has 0 unspecified atom stereocenters. The molecule has 0 radical (unpaired) electrons. The summed E-state index contributed by atoms with van der Waals surface area (Å²) in [6, 6.07) is 3.78. The molecule has 0 saturated carbocycles. The van der Waals surface area contributed by atoms with Crippen LogP contribution in [0, 0.1) is 0 Å². The third-order valence-corrected chi connectivity index (χ3v) is 4.45. The maximum atomic E-state index is 12.4. The van der Waals surface area contributed by atoms with Crippen molar-refractivity contribution < 1.29 is 9.32 Å². The fourth-order valence-corrected chi connectivity index (χ4v) is 3.19. The van der Waals surface area contributed by atoms with Gasteiger partial charge in [0.15, 0.2) is 5.82 Å². The Morgan fingerprint density at radius 2 is 2.50 bits per heavy atom. The Kier molecular flexibility index (Phi) is 3.82. The summed E-state index contributed by atoms with van der Waals surface area (Å²) in [6.07, 6.45) is 2.75. The van der Waals surface area contributed by atoms with Gasteiger partial charge >= 0.3 is 0 Å². The van der Waals surface area contributed by atoms with Gasteiger partial charge in [0.1, 0.15) is 0 Å². The third kappa shape index (κ3) is 2.60. The van der Waals surface area contributed by atoms with Crippen molar-refractivity contribution in [2.75, 3.05) is 13.1 Å². The second kappa shape index (κ2) is 5.75.